The number of pyridine rings is 1. The number of nitrogens with one attached hydrogen (secondary N) is 2. The van der Waals surface area contributed by atoms with Gasteiger partial charge < -0.3 is 5.32 Å². The zero-order chi connectivity index (χ0) is 19.7. The number of allylic oxidation sites excluding steroid dienone is 1. The topological polar surface area (TPSA) is 108 Å². The Hall–Kier alpha value is -2.72. The summed E-state index contributed by atoms with van der Waals surface area (Å²) >= 11 is 0. The van der Waals surface area contributed by atoms with E-state index in [1.165, 1.54) is 10.6 Å². The second kappa shape index (κ2) is 7.36. The quantitative estimate of drug-likeness (QED) is 0.677. The third-order valence-corrected chi connectivity index (χ3v) is 6.25. The van der Waals surface area contributed by atoms with Crippen molar-refractivity contribution < 1.29 is 8.42 Å². The van der Waals surface area contributed by atoms with Gasteiger partial charge in [0.05, 0.1) is 12.5 Å². The molecule has 0 aromatic carbocycles. The van der Waals surface area contributed by atoms with Crippen LogP contribution in [0.25, 0.3) is 22.9 Å². The Bertz CT molecular complexity index is 1090. The highest BCUT2D eigenvalue weighted by atomic mass is 32.2. The van der Waals surface area contributed by atoms with Crippen LogP contribution in [0.4, 0.5) is 5.95 Å². The average Bonchev–Trinajstić information content (AvgIpc) is 3.31. The second-order valence-corrected chi connectivity index (χ2v) is 8.90. The molecule has 10 heteroatoms. The van der Waals surface area contributed by atoms with Gasteiger partial charge >= 0.3 is 0 Å². The van der Waals surface area contributed by atoms with Crippen molar-refractivity contribution >= 4 is 27.7 Å². The normalized spacial score (nSPS) is 16.9. The molecule has 0 saturated carbocycles. The second-order valence-electron chi connectivity index (χ2n) is 6.91. The van der Waals surface area contributed by atoms with Gasteiger partial charge in [0, 0.05) is 42.7 Å². The van der Waals surface area contributed by atoms with E-state index < -0.39 is 10.0 Å². The van der Waals surface area contributed by atoms with Crippen LogP contribution in [0.3, 0.4) is 0 Å². The Morgan fingerprint density at radius 2 is 2.11 bits per heavy atom. The molecule has 4 rings (SSSR count). The molecular formula is C18H23N7O2S. The van der Waals surface area contributed by atoms with E-state index in [9.17, 15) is 8.42 Å². The minimum atomic E-state index is -3.13. The molecule has 28 heavy (non-hydrogen) atoms. The minimum absolute atomic E-state index is 0.147. The Morgan fingerprint density at radius 1 is 1.32 bits per heavy atom. The van der Waals surface area contributed by atoms with Gasteiger partial charge in [0.1, 0.15) is 0 Å². The summed E-state index contributed by atoms with van der Waals surface area (Å²) in [5, 5.41) is 14.8. The number of fused-ring (bicyclic) bond motifs is 1. The molecule has 0 amide bonds. The van der Waals surface area contributed by atoms with E-state index in [2.05, 4.69) is 20.6 Å². The van der Waals surface area contributed by atoms with Gasteiger partial charge in [-0.15, -0.1) is 5.10 Å². The molecule has 3 aromatic heterocycles. The van der Waals surface area contributed by atoms with Crippen molar-refractivity contribution in [3.63, 3.8) is 0 Å². The van der Waals surface area contributed by atoms with Gasteiger partial charge in [-0.3, -0.25) is 5.10 Å². The van der Waals surface area contributed by atoms with Gasteiger partial charge in [-0.05, 0) is 31.4 Å². The van der Waals surface area contributed by atoms with E-state index in [1.54, 1.807) is 10.7 Å². The van der Waals surface area contributed by atoms with E-state index in [0.717, 1.165) is 35.2 Å². The van der Waals surface area contributed by atoms with Crippen molar-refractivity contribution in [2.45, 2.75) is 25.8 Å². The number of anilines is 1. The SMILES string of the molecule is C/C=C/c1c(-c2cn[nH]c2)ccn2nc(NC3CCN(S(C)(=O)=O)CC3)nc12. The minimum Gasteiger partial charge on any atom is -0.350 e. The monoisotopic (exact) mass is 401 g/mol. The summed E-state index contributed by atoms with van der Waals surface area (Å²) < 4.78 is 26.6. The predicted molar refractivity (Wildman–Crippen MR) is 108 cm³/mol. The molecule has 3 aromatic rings. The number of hydrogen-bond acceptors (Lipinski definition) is 6. The van der Waals surface area contributed by atoms with Crippen molar-refractivity contribution in [1.29, 1.82) is 0 Å². The molecule has 0 aliphatic carbocycles. The molecule has 0 bridgehead atoms. The van der Waals surface area contributed by atoms with Crippen LogP contribution in [0.2, 0.25) is 0 Å². The Labute approximate surface area is 163 Å². The summed E-state index contributed by atoms with van der Waals surface area (Å²) in [7, 11) is -3.13. The molecule has 1 fully saturated rings. The molecule has 0 unspecified atom stereocenters. The fourth-order valence-electron chi connectivity index (χ4n) is 3.52. The third-order valence-electron chi connectivity index (χ3n) is 4.94. The van der Waals surface area contributed by atoms with Crippen LogP contribution >= 0.6 is 0 Å². The van der Waals surface area contributed by atoms with Gasteiger partial charge in [-0.1, -0.05) is 12.2 Å². The third kappa shape index (κ3) is 3.65. The molecule has 1 aliphatic rings. The van der Waals surface area contributed by atoms with E-state index in [4.69, 9.17) is 4.98 Å². The van der Waals surface area contributed by atoms with Crippen molar-refractivity contribution in [3.05, 3.63) is 36.3 Å². The maximum atomic E-state index is 11.7. The number of aromatic nitrogens is 5. The van der Waals surface area contributed by atoms with Crippen LogP contribution in [0, 0.1) is 0 Å². The van der Waals surface area contributed by atoms with Crippen LogP contribution in [-0.4, -0.2) is 62.9 Å². The van der Waals surface area contributed by atoms with Gasteiger partial charge in [-0.25, -0.2) is 17.2 Å². The number of H-pyrrole nitrogens is 1. The predicted octanol–water partition coefficient (Wildman–Crippen LogP) is 1.99. The van der Waals surface area contributed by atoms with Crippen LogP contribution < -0.4 is 5.32 Å². The van der Waals surface area contributed by atoms with Crippen LogP contribution in [0.5, 0.6) is 0 Å². The number of rotatable bonds is 5. The first-order valence-electron chi connectivity index (χ1n) is 9.18. The lowest BCUT2D eigenvalue weighted by molar-refractivity contribution is 0.331. The number of aromatic amines is 1. The van der Waals surface area contributed by atoms with Crippen molar-refractivity contribution in [2.75, 3.05) is 24.7 Å². The number of piperidine rings is 1. The first kappa shape index (κ1) is 18.6. The molecule has 0 radical (unpaired) electrons. The lowest BCUT2D eigenvalue weighted by atomic mass is 10.0. The lowest BCUT2D eigenvalue weighted by Gasteiger charge is -2.30. The van der Waals surface area contributed by atoms with Crippen LogP contribution in [0.1, 0.15) is 25.3 Å². The number of sulfonamides is 1. The zero-order valence-electron chi connectivity index (χ0n) is 15.8. The van der Waals surface area contributed by atoms with Crippen molar-refractivity contribution in [1.82, 2.24) is 29.1 Å². The first-order valence-corrected chi connectivity index (χ1v) is 11.0. The van der Waals surface area contributed by atoms with Crippen molar-refractivity contribution in [3.8, 4) is 11.1 Å². The highest BCUT2D eigenvalue weighted by molar-refractivity contribution is 7.88. The molecule has 148 valence electrons. The molecule has 9 nitrogen and oxygen atoms in total. The fraction of sp³-hybridized carbons (Fsp3) is 0.389. The molecule has 0 atom stereocenters. The van der Waals surface area contributed by atoms with E-state index in [-0.39, 0.29) is 6.04 Å². The Morgan fingerprint density at radius 3 is 2.75 bits per heavy atom. The highest BCUT2D eigenvalue weighted by Crippen LogP contribution is 2.27. The largest absolute Gasteiger partial charge is 0.350 e. The highest BCUT2D eigenvalue weighted by Gasteiger charge is 2.25. The number of nitrogens with zero attached hydrogens (tertiary/aromatic N) is 5. The smallest absolute Gasteiger partial charge is 0.243 e. The maximum absolute atomic E-state index is 11.7. The van der Waals surface area contributed by atoms with Gasteiger partial charge in [0.2, 0.25) is 16.0 Å². The van der Waals surface area contributed by atoms with Crippen molar-refractivity contribution in [2.24, 2.45) is 0 Å². The summed E-state index contributed by atoms with van der Waals surface area (Å²) in [5.41, 5.74) is 3.74. The first-order chi connectivity index (χ1) is 13.5. The zero-order valence-corrected chi connectivity index (χ0v) is 16.6. The average molecular weight is 401 g/mol. The van der Waals surface area contributed by atoms with E-state index in [1.807, 2.05) is 37.5 Å². The van der Waals surface area contributed by atoms with Crippen LogP contribution in [0.15, 0.2) is 30.7 Å². The summed E-state index contributed by atoms with van der Waals surface area (Å²) in [5.74, 6) is 0.549. The van der Waals surface area contributed by atoms with Gasteiger partial charge in [-0.2, -0.15) is 10.1 Å². The standard InChI is InChI=1S/C18H23N7O2S/c1-3-4-16-15(13-11-19-20-12-13)7-10-25-17(16)22-18(23-25)21-14-5-8-24(9-6-14)28(2,26)27/h3-4,7,10-12,14H,5-6,8-9H2,1-2H3,(H,19,20)(H,21,23)/b4-3+. The molecule has 4 heterocycles. The molecular weight excluding hydrogens is 378 g/mol. The van der Waals surface area contributed by atoms with E-state index in [0.29, 0.717) is 19.0 Å². The maximum Gasteiger partial charge on any atom is 0.243 e. The molecule has 1 saturated heterocycles. The summed E-state index contributed by atoms with van der Waals surface area (Å²) in [6.45, 7) is 2.99. The van der Waals surface area contributed by atoms with Gasteiger partial charge in [0.25, 0.3) is 0 Å². The molecule has 0 spiro atoms. The summed E-state index contributed by atoms with van der Waals surface area (Å²) in [6.07, 6.45) is 12.2. The Balaban J connectivity index is 1.59. The number of hydrogen-bond donors (Lipinski definition) is 2. The van der Waals surface area contributed by atoms with E-state index >= 15 is 0 Å². The van der Waals surface area contributed by atoms with Crippen LogP contribution in [-0.2, 0) is 10.0 Å². The molecule has 1 aliphatic heterocycles. The fourth-order valence-corrected chi connectivity index (χ4v) is 4.40. The molecule has 2 N–H and O–H groups in total. The summed E-state index contributed by atoms with van der Waals surface area (Å²) in [4.78, 5) is 4.69. The summed E-state index contributed by atoms with van der Waals surface area (Å²) in [6, 6.07) is 2.14. The Kier molecular flexibility index (Phi) is 4.90. The lowest BCUT2D eigenvalue weighted by Crippen LogP contribution is -2.41. The van der Waals surface area contributed by atoms with Gasteiger partial charge in [0.15, 0.2) is 5.65 Å².